The van der Waals surface area contributed by atoms with E-state index in [4.69, 9.17) is 10.5 Å². The second-order valence-electron chi connectivity index (χ2n) is 4.07. The van der Waals surface area contributed by atoms with E-state index < -0.39 is 0 Å². The van der Waals surface area contributed by atoms with E-state index in [0.717, 1.165) is 45.3 Å². The Balaban J connectivity index is 2.39. The van der Waals surface area contributed by atoms with E-state index in [2.05, 4.69) is 4.90 Å². The molecule has 1 atom stereocenters. The van der Waals surface area contributed by atoms with Gasteiger partial charge in [0.2, 0.25) is 0 Å². The van der Waals surface area contributed by atoms with Crippen LogP contribution in [0.2, 0.25) is 0 Å². The van der Waals surface area contributed by atoms with Crippen molar-refractivity contribution in [2.24, 2.45) is 5.73 Å². The zero-order valence-electron chi connectivity index (χ0n) is 9.58. The molecule has 1 fully saturated rings. The van der Waals surface area contributed by atoms with Gasteiger partial charge in [0, 0.05) is 0 Å². The van der Waals surface area contributed by atoms with Crippen molar-refractivity contribution in [2.75, 3.05) is 26.7 Å². The highest BCUT2D eigenvalue weighted by Gasteiger charge is 2.28. The van der Waals surface area contributed by atoms with Crippen molar-refractivity contribution in [3.8, 4) is 0 Å². The Hall–Kier alpha value is -0.610. The summed E-state index contributed by atoms with van der Waals surface area (Å²) in [5, 5.41) is 0. The largest absolute Gasteiger partial charge is 0.468 e. The maximum Gasteiger partial charge on any atom is 0.323 e. The molecular weight excluding hydrogens is 192 g/mol. The first kappa shape index (κ1) is 12.5. The van der Waals surface area contributed by atoms with Crippen molar-refractivity contribution in [1.29, 1.82) is 0 Å². The molecule has 1 rings (SSSR count). The van der Waals surface area contributed by atoms with Crippen LogP contribution in [0.3, 0.4) is 0 Å². The molecule has 0 aromatic carbocycles. The molecule has 88 valence electrons. The van der Waals surface area contributed by atoms with Gasteiger partial charge in [-0.25, -0.2) is 0 Å². The van der Waals surface area contributed by atoms with Crippen molar-refractivity contribution in [2.45, 2.75) is 38.1 Å². The predicted molar refractivity (Wildman–Crippen MR) is 59.5 cm³/mol. The van der Waals surface area contributed by atoms with E-state index in [9.17, 15) is 4.79 Å². The highest BCUT2D eigenvalue weighted by atomic mass is 16.5. The van der Waals surface area contributed by atoms with Gasteiger partial charge in [-0.3, -0.25) is 9.69 Å². The Kier molecular flexibility index (Phi) is 5.65. The van der Waals surface area contributed by atoms with Gasteiger partial charge < -0.3 is 10.5 Å². The van der Waals surface area contributed by atoms with Gasteiger partial charge in [-0.05, 0) is 45.3 Å². The molecule has 0 bridgehead atoms. The number of carbonyl (C=O) groups excluding carboxylic acids is 1. The molecule has 4 heteroatoms. The zero-order chi connectivity index (χ0) is 11.1. The summed E-state index contributed by atoms with van der Waals surface area (Å²) >= 11 is 0. The number of piperidine rings is 1. The minimum Gasteiger partial charge on any atom is -0.468 e. The van der Waals surface area contributed by atoms with E-state index in [-0.39, 0.29) is 12.0 Å². The third-order valence-electron chi connectivity index (χ3n) is 2.99. The first-order valence-electron chi connectivity index (χ1n) is 5.81. The predicted octanol–water partition coefficient (Wildman–Crippen LogP) is 0.753. The number of unbranched alkanes of at least 4 members (excludes halogenated alkanes) is 1. The maximum atomic E-state index is 11.5. The normalized spacial score (nSPS) is 22.7. The van der Waals surface area contributed by atoms with Crippen molar-refractivity contribution < 1.29 is 9.53 Å². The van der Waals surface area contributed by atoms with Crippen LogP contribution in [0.4, 0.5) is 0 Å². The van der Waals surface area contributed by atoms with E-state index in [1.807, 2.05) is 0 Å². The Morgan fingerprint density at radius 2 is 2.27 bits per heavy atom. The quantitative estimate of drug-likeness (QED) is 0.542. The van der Waals surface area contributed by atoms with E-state index in [0.29, 0.717) is 0 Å². The number of nitrogens with zero attached hydrogens (tertiary/aromatic N) is 1. The molecule has 1 unspecified atom stereocenters. The highest BCUT2D eigenvalue weighted by Crippen LogP contribution is 2.18. The minimum absolute atomic E-state index is 0.0125. The molecule has 4 nitrogen and oxygen atoms in total. The third kappa shape index (κ3) is 3.80. The molecule has 1 aliphatic rings. The standard InChI is InChI=1S/C11H22N2O2/c1-15-11(14)10-6-2-4-8-13(10)9-5-3-7-12/h10H,2-9,12H2,1H3. The Bertz CT molecular complexity index is 197. The van der Waals surface area contributed by atoms with Crippen molar-refractivity contribution in [3.63, 3.8) is 0 Å². The van der Waals surface area contributed by atoms with Gasteiger partial charge in [0.15, 0.2) is 0 Å². The second-order valence-corrected chi connectivity index (χ2v) is 4.07. The summed E-state index contributed by atoms with van der Waals surface area (Å²) in [6, 6.07) is -0.0125. The molecule has 1 aliphatic heterocycles. The van der Waals surface area contributed by atoms with Crippen LogP contribution in [0.1, 0.15) is 32.1 Å². The Morgan fingerprint density at radius 1 is 1.47 bits per heavy atom. The summed E-state index contributed by atoms with van der Waals surface area (Å²) < 4.78 is 4.82. The first-order valence-corrected chi connectivity index (χ1v) is 5.81. The van der Waals surface area contributed by atoms with Gasteiger partial charge in [-0.2, -0.15) is 0 Å². The average Bonchev–Trinajstić information content (AvgIpc) is 2.29. The van der Waals surface area contributed by atoms with Crippen LogP contribution in [-0.4, -0.2) is 43.7 Å². The molecule has 0 aromatic heterocycles. The van der Waals surface area contributed by atoms with Gasteiger partial charge in [-0.1, -0.05) is 6.42 Å². The fourth-order valence-corrected chi connectivity index (χ4v) is 2.12. The summed E-state index contributed by atoms with van der Waals surface area (Å²) in [6.07, 6.45) is 5.37. The van der Waals surface area contributed by atoms with E-state index in [1.54, 1.807) is 0 Å². The summed E-state index contributed by atoms with van der Waals surface area (Å²) in [6.45, 7) is 2.72. The van der Waals surface area contributed by atoms with E-state index >= 15 is 0 Å². The molecule has 0 saturated carbocycles. The van der Waals surface area contributed by atoms with Crippen LogP contribution >= 0.6 is 0 Å². The highest BCUT2D eigenvalue weighted by molar-refractivity contribution is 5.75. The number of hydrogen-bond acceptors (Lipinski definition) is 4. The minimum atomic E-state index is -0.0811. The van der Waals surface area contributed by atoms with Gasteiger partial charge in [0.1, 0.15) is 6.04 Å². The number of likely N-dealkylation sites (tertiary alicyclic amines) is 1. The van der Waals surface area contributed by atoms with Gasteiger partial charge >= 0.3 is 5.97 Å². The summed E-state index contributed by atoms with van der Waals surface area (Å²) in [5.74, 6) is -0.0811. The van der Waals surface area contributed by atoms with Crippen molar-refractivity contribution in [3.05, 3.63) is 0 Å². The van der Waals surface area contributed by atoms with Gasteiger partial charge in [0.05, 0.1) is 7.11 Å². The third-order valence-corrected chi connectivity index (χ3v) is 2.99. The lowest BCUT2D eigenvalue weighted by Gasteiger charge is -2.33. The number of rotatable bonds is 5. The van der Waals surface area contributed by atoms with Crippen molar-refractivity contribution >= 4 is 5.97 Å². The molecule has 0 amide bonds. The first-order chi connectivity index (χ1) is 7.29. The van der Waals surface area contributed by atoms with Crippen LogP contribution in [-0.2, 0) is 9.53 Å². The summed E-state index contributed by atoms with van der Waals surface area (Å²) in [4.78, 5) is 13.8. The SMILES string of the molecule is COC(=O)C1CCCCN1CCCCN. The number of carbonyl (C=O) groups is 1. The summed E-state index contributed by atoms with van der Waals surface area (Å²) in [5.41, 5.74) is 5.45. The van der Waals surface area contributed by atoms with Crippen molar-refractivity contribution in [1.82, 2.24) is 4.90 Å². The lowest BCUT2D eigenvalue weighted by molar-refractivity contribution is -0.148. The number of ether oxygens (including phenoxy) is 1. The zero-order valence-corrected chi connectivity index (χ0v) is 9.58. The average molecular weight is 214 g/mol. The molecule has 2 N–H and O–H groups in total. The van der Waals surface area contributed by atoms with Gasteiger partial charge in [0.25, 0.3) is 0 Å². The molecule has 0 spiro atoms. The monoisotopic (exact) mass is 214 g/mol. The Morgan fingerprint density at radius 3 is 2.93 bits per heavy atom. The molecule has 15 heavy (non-hydrogen) atoms. The van der Waals surface area contributed by atoms with Crippen LogP contribution in [0.5, 0.6) is 0 Å². The molecular formula is C11H22N2O2. The lowest BCUT2D eigenvalue weighted by atomic mass is 10.0. The summed E-state index contributed by atoms with van der Waals surface area (Å²) in [7, 11) is 1.47. The smallest absolute Gasteiger partial charge is 0.323 e. The number of esters is 1. The fourth-order valence-electron chi connectivity index (χ4n) is 2.12. The molecule has 1 heterocycles. The van der Waals surface area contributed by atoms with Crippen LogP contribution < -0.4 is 5.73 Å². The number of hydrogen-bond donors (Lipinski definition) is 1. The molecule has 1 saturated heterocycles. The second kappa shape index (κ2) is 6.80. The molecule has 0 radical (unpaired) electrons. The van der Waals surface area contributed by atoms with Crippen LogP contribution in [0.15, 0.2) is 0 Å². The number of methoxy groups -OCH3 is 1. The van der Waals surface area contributed by atoms with E-state index in [1.165, 1.54) is 13.5 Å². The maximum absolute atomic E-state index is 11.5. The Labute approximate surface area is 91.8 Å². The molecule has 0 aromatic rings. The van der Waals surface area contributed by atoms with Gasteiger partial charge in [-0.15, -0.1) is 0 Å². The lowest BCUT2D eigenvalue weighted by Crippen LogP contribution is -2.45. The fraction of sp³-hybridized carbons (Fsp3) is 0.909. The molecule has 0 aliphatic carbocycles. The van der Waals surface area contributed by atoms with Crippen LogP contribution in [0.25, 0.3) is 0 Å². The topological polar surface area (TPSA) is 55.6 Å². The van der Waals surface area contributed by atoms with Crippen LogP contribution in [0, 0.1) is 0 Å². The number of nitrogens with two attached hydrogens (primary N) is 1.